The van der Waals surface area contributed by atoms with Crippen molar-refractivity contribution < 1.29 is 19.1 Å². The highest BCUT2D eigenvalue weighted by atomic mass is 16.5. The van der Waals surface area contributed by atoms with Crippen molar-refractivity contribution in [3.05, 3.63) is 54.1 Å². The molecule has 0 aliphatic carbocycles. The van der Waals surface area contributed by atoms with Gasteiger partial charge in [-0.1, -0.05) is 12.1 Å². The predicted molar refractivity (Wildman–Crippen MR) is 100 cm³/mol. The van der Waals surface area contributed by atoms with Crippen molar-refractivity contribution in [2.45, 2.75) is 32.9 Å². The lowest BCUT2D eigenvalue weighted by Gasteiger charge is -2.11. The van der Waals surface area contributed by atoms with Crippen LogP contribution in [0.4, 0.5) is 5.69 Å². The van der Waals surface area contributed by atoms with E-state index in [9.17, 15) is 9.59 Å². The minimum atomic E-state index is -0.366. The van der Waals surface area contributed by atoms with Crippen molar-refractivity contribution >= 4 is 17.5 Å². The molecule has 0 unspecified atom stereocenters. The second-order valence-electron chi connectivity index (χ2n) is 6.04. The summed E-state index contributed by atoms with van der Waals surface area (Å²) in [5, 5.41) is 5.42. The molecule has 0 bridgehead atoms. The Labute approximate surface area is 153 Å². The number of amides is 2. The number of benzene rings is 2. The number of hydrogen-bond donors (Lipinski definition) is 2. The molecule has 6 nitrogen and oxygen atoms in total. The summed E-state index contributed by atoms with van der Waals surface area (Å²) in [6.07, 6.45) is -0.148. The molecule has 2 amide bonds. The zero-order valence-electron chi connectivity index (χ0n) is 15.2. The third kappa shape index (κ3) is 6.47. The monoisotopic (exact) mass is 356 g/mol. The Morgan fingerprint density at radius 2 is 1.54 bits per heavy atom. The van der Waals surface area contributed by atoms with Gasteiger partial charge in [0.1, 0.15) is 17.9 Å². The molecule has 0 aliphatic heterocycles. The van der Waals surface area contributed by atoms with Gasteiger partial charge in [0.05, 0.1) is 13.2 Å². The fourth-order valence-corrected chi connectivity index (χ4v) is 2.25. The Kier molecular flexibility index (Phi) is 7.02. The molecule has 0 atom stereocenters. The number of methoxy groups -OCH3 is 1. The Morgan fingerprint density at radius 3 is 2.12 bits per heavy atom. The van der Waals surface area contributed by atoms with Crippen molar-refractivity contribution in [1.29, 1.82) is 0 Å². The van der Waals surface area contributed by atoms with Crippen LogP contribution in [0.1, 0.15) is 25.8 Å². The van der Waals surface area contributed by atoms with E-state index in [0.717, 1.165) is 17.1 Å². The summed E-state index contributed by atoms with van der Waals surface area (Å²) in [5.41, 5.74) is 1.55. The quantitative estimate of drug-likeness (QED) is 0.713. The molecular weight excluding hydrogens is 332 g/mol. The van der Waals surface area contributed by atoms with Gasteiger partial charge in [0.25, 0.3) is 0 Å². The Hall–Kier alpha value is -3.02. The van der Waals surface area contributed by atoms with E-state index in [-0.39, 0.29) is 24.3 Å². The first-order valence-corrected chi connectivity index (χ1v) is 8.42. The van der Waals surface area contributed by atoms with Crippen molar-refractivity contribution in [3.63, 3.8) is 0 Å². The smallest absolute Gasteiger partial charge is 0.233 e. The van der Waals surface area contributed by atoms with E-state index in [1.54, 1.807) is 31.4 Å². The van der Waals surface area contributed by atoms with Gasteiger partial charge in [0.15, 0.2) is 0 Å². The van der Waals surface area contributed by atoms with Gasteiger partial charge < -0.3 is 20.1 Å². The number of carbonyl (C=O) groups excluding carboxylic acids is 2. The first-order valence-electron chi connectivity index (χ1n) is 8.42. The van der Waals surface area contributed by atoms with Crippen molar-refractivity contribution in [3.8, 4) is 11.5 Å². The van der Waals surface area contributed by atoms with Crippen LogP contribution in [0.25, 0.3) is 0 Å². The molecule has 2 rings (SSSR count). The number of hydrogen-bond acceptors (Lipinski definition) is 4. The van der Waals surface area contributed by atoms with E-state index < -0.39 is 0 Å². The summed E-state index contributed by atoms with van der Waals surface area (Å²) in [5.74, 6) is 0.785. The normalized spacial score (nSPS) is 10.3. The maximum atomic E-state index is 12.0. The summed E-state index contributed by atoms with van der Waals surface area (Å²) >= 11 is 0. The first-order chi connectivity index (χ1) is 12.5. The van der Waals surface area contributed by atoms with Crippen molar-refractivity contribution in [2.24, 2.45) is 0 Å². The standard InChI is InChI=1S/C20H24N2O4/c1-14(2)26-18-10-6-16(7-11-18)22-20(24)12-19(23)21-13-15-4-8-17(25-3)9-5-15/h4-11,14H,12-13H2,1-3H3,(H,21,23)(H,22,24). The zero-order valence-corrected chi connectivity index (χ0v) is 15.2. The van der Waals surface area contributed by atoms with Gasteiger partial charge >= 0.3 is 0 Å². The SMILES string of the molecule is COc1ccc(CNC(=O)CC(=O)Nc2ccc(OC(C)C)cc2)cc1. The summed E-state index contributed by atoms with van der Waals surface area (Å²) in [6, 6.07) is 14.4. The zero-order chi connectivity index (χ0) is 18.9. The van der Waals surface area contributed by atoms with E-state index in [4.69, 9.17) is 9.47 Å². The minimum absolute atomic E-state index is 0.0878. The van der Waals surface area contributed by atoms with Crippen LogP contribution in [0, 0.1) is 0 Å². The Morgan fingerprint density at radius 1 is 0.923 bits per heavy atom. The second kappa shape index (κ2) is 9.46. The minimum Gasteiger partial charge on any atom is -0.497 e. The van der Waals surface area contributed by atoms with Gasteiger partial charge in [0, 0.05) is 12.2 Å². The molecule has 0 spiro atoms. The first kappa shape index (κ1) is 19.3. The molecular formula is C20H24N2O4. The highest BCUT2D eigenvalue weighted by Gasteiger charge is 2.10. The molecule has 0 radical (unpaired) electrons. The number of nitrogens with one attached hydrogen (secondary N) is 2. The number of anilines is 1. The molecule has 6 heteroatoms. The lowest BCUT2D eigenvalue weighted by molar-refractivity contribution is -0.126. The summed E-state index contributed by atoms with van der Waals surface area (Å²) in [7, 11) is 1.60. The molecule has 0 saturated carbocycles. The fourth-order valence-electron chi connectivity index (χ4n) is 2.25. The van der Waals surface area contributed by atoms with Crippen molar-refractivity contribution in [1.82, 2.24) is 5.32 Å². The van der Waals surface area contributed by atoms with Crippen molar-refractivity contribution in [2.75, 3.05) is 12.4 Å². The Bertz CT molecular complexity index is 724. The van der Waals surface area contributed by atoms with E-state index in [1.807, 2.05) is 38.1 Å². The molecule has 0 saturated heterocycles. The van der Waals surface area contributed by atoms with Gasteiger partial charge in [-0.05, 0) is 55.8 Å². The molecule has 0 fully saturated rings. The molecule has 138 valence electrons. The number of rotatable bonds is 8. The van der Waals surface area contributed by atoms with E-state index in [0.29, 0.717) is 12.2 Å². The van der Waals surface area contributed by atoms with Gasteiger partial charge in [-0.3, -0.25) is 9.59 Å². The fraction of sp³-hybridized carbons (Fsp3) is 0.300. The molecule has 0 aromatic heterocycles. The molecule has 2 N–H and O–H groups in total. The van der Waals surface area contributed by atoms with Gasteiger partial charge in [0.2, 0.25) is 11.8 Å². The molecule has 2 aromatic carbocycles. The number of ether oxygens (including phenoxy) is 2. The number of carbonyl (C=O) groups is 2. The molecule has 2 aromatic rings. The average Bonchev–Trinajstić information content (AvgIpc) is 2.61. The topological polar surface area (TPSA) is 76.7 Å². The van der Waals surface area contributed by atoms with Crippen LogP contribution in [0.5, 0.6) is 11.5 Å². The summed E-state index contributed by atoms with van der Waals surface area (Å²) < 4.78 is 10.6. The predicted octanol–water partition coefficient (Wildman–Crippen LogP) is 3.13. The summed E-state index contributed by atoms with van der Waals surface area (Å²) in [4.78, 5) is 23.9. The van der Waals surface area contributed by atoms with E-state index in [2.05, 4.69) is 10.6 Å². The van der Waals surface area contributed by atoms with E-state index in [1.165, 1.54) is 0 Å². The third-order valence-electron chi connectivity index (χ3n) is 3.48. The highest BCUT2D eigenvalue weighted by Crippen LogP contribution is 2.17. The van der Waals surface area contributed by atoms with Crippen LogP contribution < -0.4 is 20.1 Å². The maximum Gasteiger partial charge on any atom is 0.233 e. The van der Waals surface area contributed by atoms with Crippen LogP contribution in [0.3, 0.4) is 0 Å². The van der Waals surface area contributed by atoms with Crippen LogP contribution in [0.15, 0.2) is 48.5 Å². The maximum absolute atomic E-state index is 12.0. The third-order valence-corrected chi connectivity index (χ3v) is 3.48. The van der Waals surface area contributed by atoms with Crippen LogP contribution in [-0.4, -0.2) is 25.0 Å². The molecule has 0 aliphatic rings. The highest BCUT2D eigenvalue weighted by molar-refractivity contribution is 6.03. The van der Waals surface area contributed by atoms with Crippen LogP contribution in [0.2, 0.25) is 0 Å². The summed E-state index contributed by atoms with van der Waals surface area (Å²) in [6.45, 7) is 4.25. The van der Waals surface area contributed by atoms with Crippen LogP contribution in [-0.2, 0) is 16.1 Å². The molecule has 0 heterocycles. The second-order valence-corrected chi connectivity index (χ2v) is 6.04. The average molecular weight is 356 g/mol. The van der Waals surface area contributed by atoms with Gasteiger partial charge in [-0.15, -0.1) is 0 Å². The lowest BCUT2D eigenvalue weighted by atomic mass is 10.2. The van der Waals surface area contributed by atoms with Crippen LogP contribution >= 0.6 is 0 Å². The van der Waals surface area contributed by atoms with Gasteiger partial charge in [-0.2, -0.15) is 0 Å². The largest absolute Gasteiger partial charge is 0.497 e. The lowest BCUT2D eigenvalue weighted by Crippen LogP contribution is -2.27. The van der Waals surface area contributed by atoms with E-state index >= 15 is 0 Å². The van der Waals surface area contributed by atoms with Gasteiger partial charge in [-0.25, -0.2) is 0 Å². The Balaban J connectivity index is 1.76. The molecule has 26 heavy (non-hydrogen) atoms.